The molecule has 0 aliphatic carbocycles. The van der Waals surface area contributed by atoms with Crippen molar-refractivity contribution in [2.75, 3.05) is 64.4 Å². The number of thiocarbonyl (C=S) groups is 1. The zero-order valence-corrected chi connectivity index (χ0v) is 55.5. The maximum atomic E-state index is 10.8. The van der Waals surface area contributed by atoms with E-state index in [1.807, 2.05) is 45.4 Å². The van der Waals surface area contributed by atoms with Crippen LogP contribution in [-0.4, -0.2) is 113 Å². The number of thiazole rings is 3. The van der Waals surface area contributed by atoms with Gasteiger partial charge in [-0.15, -0.1) is 22.7 Å². The number of rotatable bonds is 13. The zero-order valence-electron chi connectivity index (χ0n) is 41.2. The Hall–Kier alpha value is -0.750. The summed E-state index contributed by atoms with van der Waals surface area (Å²) in [5.41, 5.74) is 17.2. The van der Waals surface area contributed by atoms with E-state index in [-0.39, 0.29) is 45.8 Å². The Balaban J connectivity index is -0.000000131. The van der Waals surface area contributed by atoms with Crippen molar-refractivity contribution in [2.45, 2.75) is 105 Å². The highest BCUT2D eigenvalue weighted by molar-refractivity contribution is 9.93. The maximum Gasteiger partial charge on any atom is 0.310 e. The molecule has 0 saturated heterocycles. The first-order chi connectivity index (χ1) is 32.2. The summed E-state index contributed by atoms with van der Waals surface area (Å²) in [4.78, 5) is 63.5. The SMILES string of the molecule is BrBr.BrBr.CC(=O)OC(C)=O.CCC(C)=O.CO.COC(C)c1csc(N)n1.COC(C)c1csc(NC(C)=O)n1.COC(C)c1nc(NC(C)=O)sc1Br.COC(CBr)(OC)C(C)Br.NC(N)=S. The highest BCUT2D eigenvalue weighted by Crippen LogP contribution is 2.33. The van der Waals surface area contributed by atoms with E-state index in [0.717, 1.165) is 28.0 Å². The van der Waals surface area contributed by atoms with Crippen molar-refractivity contribution in [1.29, 1.82) is 0 Å². The normalized spacial score (nSPS) is 11.0. The van der Waals surface area contributed by atoms with Crippen LogP contribution in [0.15, 0.2) is 14.5 Å². The van der Waals surface area contributed by atoms with Crippen LogP contribution in [0, 0.1) is 0 Å². The number of nitrogens with one attached hydrogen (secondary N) is 2. The summed E-state index contributed by atoms with van der Waals surface area (Å²) in [5.74, 6) is -1.64. The minimum atomic E-state index is -0.562. The van der Waals surface area contributed by atoms with Crippen LogP contribution in [0.1, 0.15) is 111 Å². The number of alkyl halides is 2. The number of aromatic nitrogens is 3. The molecule has 20 nitrogen and oxygen atoms in total. The second kappa shape index (κ2) is 53.5. The Morgan fingerprint density at radius 1 is 0.739 bits per heavy atom. The lowest BCUT2D eigenvalue weighted by Crippen LogP contribution is -2.43. The number of ketones is 1. The molecule has 31 heteroatoms. The standard InChI is InChI=1S/C8H11BrN2O2S.C8H12N2O2S.C6H12Br2O2.C6H10N2OS.C4H6O3.C4H8O.CH4N2S.CH4O.2Br2/c1-4(13-3)6-7(9)14-8(11-6)10-5(2)12;1-5(12-3)7-4-13-8(10-7)9-6(2)11;1-5(8)6(4-7,9-2)10-3;1-4(9-2)5-3-10-6(7)8-5;1-3(5)7-4(2)6;1-3-4(2)5;2-1(3)4;3*1-2/h4H,1-3H3,(H,10,11,12);4-5H,1-3H3,(H,9,10,11);5H,4H2,1-3H3;3-4H,1-2H3,(H2,7,8);1-2H3;3H2,1-2H3;(H4,2,3,4);2H,1H3;;. The third-order valence-electron chi connectivity index (χ3n) is 6.78. The molecule has 9 N–H and O–H groups in total. The van der Waals surface area contributed by atoms with E-state index in [2.05, 4.69) is 158 Å². The van der Waals surface area contributed by atoms with Crippen LogP contribution in [0.4, 0.5) is 15.4 Å². The quantitative estimate of drug-likeness (QED) is 0.0305. The van der Waals surface area contributed by atoms with Crippen LogP contribution in [0.2, 0.25) is 0 Å². The molecule has 3 aromatic rings. The maximum absolute atomic E-state index is 10.8. The summed E-state index contributed by atoms with van der Waals surface area (Å²) in [7, 11) is 9.15. The van der Waals surface area contributed by atoms with E-state index in [1.54, 1.807) is 42.5 Å². The van der Waals surface area contributed by atoms with E-state index in [4.69, 9.17) is 34.5 Å². The number of hydrogen-bond acceptors (Lipinski definition) is 20. The Kier molecular flexibility index (Phi) is 63.8. The summed E-state index contributed by atoms with van der Waals surface area (Å²) in [6, 6.07) is 0. The van der Waals surface area contributed by atoms with Gasteiger partial charge in [-0.2, -0.15) is 0 Å². The van der Waals surface area contributed by atoms with Gasteiger partial charge in [-0.1, -0.05) is 50.1 Å². The zero-order chi connectivity index (χ0) is 56.0. The molecule has 4 atom stereocenters. The summed E-state index contributed by atoms with van der Waals surface area (Å²) in [5, 5.41) is 18.5. The number of aliphatic hydroxyl groups is 1. The largest absolute Gasteiger partial charge is 0.400 e. The van der Waals surface area contributed by atoms with E-state index in [0.29, 0.717) is 27.1 Å². The first kappa shape index (κ1) is 82.3. The van der Waals surface area contributed by atoms with Gasteiger partial charge in [0.2, 0.25) is 11.8 Å². The predicted molar refractivity (Wildman–Crippen MR) is 311 cm³/mol. The number of ether oxygens (including phenoxy) is 6. The summed E-state index contributed by atoms with van der Waals surface area (Å²) in [6.45, 7) is 16.4. The molecule has 0 saturated carbocycles. The van der Waals surface area contributed by atoms with Crippen molar-refractivity contribution in [3.05, 3.63) is 31.6 Å². The van der Waals surface area contributed by atoms with Crippen LogP contribution in [0.5, 0.6) is 0 Å². The molecule has 3 heterocycles. The van der Waals surface area contributed by atoms with Crippen molar-refractivity contribution in [2.24, 2.45) is 11.5 Å². The highest BCUT2D eigenvalue weighted by atomic mass is 80.9. The second-order valence-electron chi connectivity index (χ2n) is 11.9. The Morgan fingerprint density at radius 2 is 1.10 bits per heavy atom. The van der Waals surface area contributed by atoms with Crippen LogP contribution >= 0.6 is 151 Å². The molecular weight excluding hydrogens is 1450 g/mol. The fraction of sp³-hybridized carbons (Fsp3) is 0.605. The van der Waals surface area contributed by atoms with Gasteiger partial charge in [0.1, 0.15) is 5.78 Å². The number of aliphatic hydroxyl groups excluding tert-OH is 1. The van der Waals surface area contributed by atoms with Gasteiger partial charge >= 0.3 is 11.9 Å². The third kappa shape index (κ3) is 49.2. The van der Waals surface area contributed by atoms with Crippen molar-refractivity contribution in [3.8, 4) is 0 Å². The van der Waals surface area contributed by atoms with Crippen LogP contribution in [0.25, 0.3) is 0 Å². The molecule has 0 bridgehead atoms. The topological polar surface area (TPSA) is 302 Å². The van der Waals surface area contributed by atoms with Crippen LogP contribution in [-0.2, 0) is 52.4 Å². The van der Waals surface area contributed by atoms with Gasteiger partial charge < -0.3 is 66.2 Å². The molecule has 404 valence electrons. The number of hydrogen-bond donors (Lipinski definition) is 6. The molecule has 4 unspecified atom stereocenters. The number of nitrogens with zero attached hydrogens (tertiary/aromatic N) is 3. The first-order valence-electron chi connectivity index (χ1n) is 18.9. The smallest absolute Gasteiger partial charge is 0.310 e. The number of halogens is 7. The lowest BCUT2D eigenvalue weighted by molar-refractivity contribution is -0.184. The van der Waals surface area contributed by atoms with Crippen molar-refractivity contribution in [3.63, 3.8) is 0 Å². The number of methoxy groups -OCH3 is 5. The Bertz CT molecular complexity index is 1760. The number of amides is 2. The van der Waals surface area contributed by atoms with Gasteiger partial charge in [0.15, 0.2) is 26.3 Å². The van der Waals surface area contributed by atoms with Crippen molar-refractivity contribution < 1.29 is 57.5 Å². The van der Waals surface area contributed by atoms with Crippen molar-refractivity contribution >= 4 is 201 Å². The lowest BCUT2D eigenvalue weighted by atomic mass is 10.2. The van der Waals surface area contributed by atoms with Gasteiger partial charge in [0.25, 0.3) is 0 Å². The molecular formula is C38H67Br7N8O12S4. The third-order valence-corrected chi connectivity index (χ3v) is 11.4. The van der Waals surface area contributed by atoms with E-state index in [9.17, 15) is 24.0 Å². The van der Waals surface area contributed by atoms with E-state index < -0.39 is 17.7 Å². The first-order valence-corrected chi connectivity index (χ1v) is 32.1. The van der Waals surface area contributed by atoms with Crippen molar-refractivity contribution in [1.82, 2.24) is 15.0 Å². The van der Waals surface area contributed by atoms with Crippen LogP contribution < -0.4 is 27.8 Å². The molecule has 0 aromatic carbocycles. The van der Waals surface area contributed by atoms with E-state index in [1.165, 1.54) is 61.7 Å². The average molecular weight is 1520 g/mol. The Morgan fingerprint density at radius 3 is 1.35 bits per heavy atom. The molecule has 3 aromatic heterocycles. The number of nitrogens with two attached hydrogens (primary N) is 3. The summed E-state index contributed by atoms with van der Waals surface area (Å²) in [6.07, 6.45) is 0.607. The highest BCUT2D eigenvalue weighted by Gasteiger charge is 2.33. The minimum Gasteiger partial charge on any atom is -0.400 e. The van der Waals surface area contributed by atoms with Gasteiger partial charge in [0, 0.05) is 144 Å². The molecule has 0 radical (unpaired) electrons. The second-order valence-corrected chi connectivity index (χ2v) is 18.3. The number of esters is 2. The van der Waals surface area contributed by atoms with E-state index >= 15 is 0 Å². The summed E-state index contributed by atoms with van der Waals surface area (Å²) >= 11 is 29.4. The molecule has 0 aliphatic heterocycles. The number of nitrogen functional groups attached to an aromatic ring is 1. The minimum absolute atomic E-state index is 0.000000000000000222. The molecule has 0 aliphatic rings. The monoisotopic (exact) mass is 1510 g/mol. The van der Waals surface area contributed by atoms with Gasteiger partial charge in [-0.05, 0) is 62.8 Å². The fourth-order valence-electron chi connectivity index (χ4n) is 3.12. The molecule has 69 heavy (non-hydrogen) atoms. The molecule has 2 amide bonds. The molecule has 3 rings (SSSR count). The predicted octanol–water partition coefficient (Wildman–Crippen LogP) is 11.2. The Labute approximate surface area is 480 Å². The number of carbonyl (C=O) groups excluding carboxylic acids is 5. The van der Waals surface area contributed by atoms with Gasteiger partial charge in [-0.3, -0.25) is 19.2 Å². The molecule has 0 fully saturated rings. The van der Waals surface area contributed by atoms with Crippen LogP contribution in [0.3, 0.4) is 0 Å². The number of anilines is 3. The molecule has 0 spiro atoms. The number of carbonyl (C=O) groups is 5. The summed E-state index contributed by atoms with van der Waals surface area (Å²) < 4.78 is 30.5. The lowest BCUT2D eigenvalue weighted by Gasteiger charge is -2.31. The fourth-order valence-corrected chi connectivity index (χ4v) is 8.21. The van der Waals surface area contributed by atoms with Gasteiger partial charge in [0.05, 0.1) is 49.3 Å². The average Bonchev–Trinajstić information content (AvgIpc) is 4.05. The number of Topliss-reactive ketones (excluding diaryl/α,β-unsaturated/α-hetero) is 1. The van der Waals surface area contributed by atoms with Gasteiger partial charge in [-0.25, -0.2) is 15.0 Å².